The van der Waals surface area contributed by atoms with Crippen LogP contribution in [0.1, 0.15) is 50.3 Å². The third-order valence-corrected chi connectivity index (χ3v) is 4.73. The second kappa shape index (κ2) is 4.91. The Bertz CT molecular complexity index is 427. The Morgan fingerprint density at radius 2 is 2.16 bits per heavy atom. The summed E-state index contributed by atoms with van der Waals surface area (Å²) >= 11 is 0. The summed E-state index contributed by atoms with van der Waals surface area (Å²) < 4.78 is 2.41. The molecule has 0 bridgehead atoms. The summed E-state index contributed by atoms with van der Waals surface area (Å²) in [5.41, 5.74) is 1.42. The zero-order valence-corrected chi connectivity index (χ0v) is 11.6. The number of hydrogen-bond acceptors (Lipinski definition) is 3. The molecule has 1 aliphatic heterocycles. The van der Waals surface area contributed by atoms with E-state index in [9.17, 15) is 0 Å². The van der Waals surface area contributed by atoms with Gasteiger partial charge in [0.15, 0.2) is 0 Å². The SMILES string of the molecule is c1ncn(C2CC2)c1CN(CC1CCCN1)C1CC1. The Kier molecular flexibility index (Phi) is 3.08. The molecule has 2 saturated carbocycles. The summed E-state index contributed by atoms with van der Waals surface area (Å²) in [6.45, 7) is 3.53. The molecule has 4 rings (SSSR count). The molecule has 3 fully saturated rings. The maximum absolute atomic E-state index is 4.37. The lowest BCUT2D eigenvalue weighted by Gasteiger charge is -2.25. The van der Waals surface area contributed by atoms with E-state index in [0.29, 0.717) is 0 Å². The molecule has 1 N–H and O–H groups in total. The van der Waals surface area contributed by atoms with Crippen molar-refractivity contribution in [1.29, 1.82) is 0 Å². The van der Waals surface area contributed by atoms with Crippen molar-refractivity contribution in [2.45, 2.75) is 63.2 Å². The van der Waals surface area contributed by atoms with Crippen LogP contribution >= 0.6 is 0 Å². The average molecular weight is 260 g/mol. The van der Waals surface area contributed by atoms with Crippen LogP contribution in [0.2, 0.25) is 0 Å². The number of nitrogens with one attached hydrogen (secondary N) is 1. The Balaban J connectivity index is 1.43. The molecule has 4 heteroatoms. The molecule has 1 saturated heterocycles. The lowest BCUT2D eigenvalue weighted by molar-refractivity contribution is 0.225. The summed E-state index contributed by atoms with van der Waals surface area (Å²) in [5.74, 6) is 0. The van der Waals surface area contributed by atoms with Gasteiger partial charge in [-0.2, -0.15) is 0 Å². The van der Waals surface area contributed by atoms with E-state index in [1.165, 1.54) is 57.3 Å². The van der Waals surface area contributed by atoms with E-state index in [-0.39, 0.29) is 0 Å². The van der Waals surface area contributed by atoms with Crippen LogP contribution in [-0.2, 0) is 6.54 Å². The number of nitrogens with zero attached hydrogens (tertiary/aromatic N) is 3. The first-order chi connectivity index (χ1) is 9.40. The van der Waals surface area contributed by atoms with Crippen LogP contribution in [0.3, 0.4) is 0 Å². The lowest BCUT2D eigenvalue weighted by Crippen LogP contribution is -2.38. The summed E-state index contributed by atoms with van der Waals surface area (Å²) in [6.07, 6.45) is 12.3. The highest BCUT2D eigenvalue weighted by molar-refractivity contribution is 5.05. The minimum Gasteiger partial charge on any atom is -0.330 e. The molecule has 1 atom stereocenters. The van der Waals surface area contributed by atoms with Crippen LogP contribution < -0.4 is 5.32 Å². The molecule has 0 amide bonds. The molecule has 19 heavy (non-hydrogen) atoms. The molecule has 1 aromatic rings. The van der Waals surface area contributed by atoms with Gasteiger partial charge < -0.3 is 9.88 Å². The van der Waals surface area contributed by atoms with Crippen molar-refractivity contribution < 1.29 is 0 Å². The van der Waals surface area contributed by atoms with Gasteiger partial charge in [0.2, 0.25) is 0 Å². The van der Waals surface area contributed by atoms with Crippen molar-refractivity contribution in [3.8, 4) is 0 Å². The van der Waals surface area contributed by atoms with Crippen LogP contribution in [0.5, 0.6) is 0 Å². The molecule has 2 aliphatic carbocycles. The highest BCUT2D eigenvalue weighted by Crippen LogP contribution is 2.36. The minimum absolute atomic E-state index is 0.720. The molecule has 4 nitrogen and oxygen atoms in total. The lowest BCUT2D eigenvalue weighted by atomic mass is 10.2. The normalized spacial score (nSPS) is 27.3. The van der Waals surface area contributed by atoms with Crippen LogP contribution in [0, 0.1) is 0 Å². The van der Waals surface area contributed by atoms with E-state index < -0.39 is 0 Å². The third-order valence-electron chi connectivity index (χ3n) is 4.73. The number of aromatic nitrogens is 2. The van der Waals surface area contributed by atoms with Gasteiger partial charge in [-0.3, -0.25) is 4.90 Å². The highest BCUT2D eigenvalue weighted by atomic mass is 15.2. The molecule has 2 heterocycles. The van der Waals surface area contributed by atoms with Crippen LogP contribution in [0.4, 0.5) is 0 Å². The molecule has 3 aliphatic rings. The Labute approximate surface area is 115 Å². The first-order valence-electron chi connectivity index (χ1n) is 7.88. The fraction of sp³-hybridized carbons (Fsp3) is 0.800. The summed E-state index contributed by atoms with van der Waals surface area (Å²) in [6, 6.07) is 2.31. The summed E-state index contributed by atoms with van der Waals surface area (Å²) in [5, 5.41) is 3.63. The van der Waals surface area contributed by atoms with Gasteiger partial charge in [0.1, 0.15) is 0 Å². The largest absolute Gasteiger partial charge is 0.330 e. The van der Waals surface area contributed by atoms with Crippen LogP contribution in [0.15, 0.2) is 12.5 Å². The van der Waals surface area contributed by atoms with Gasteiger partial charge in [0.25, 0.3) is 0 Å². The second-order valence-corrected chi connectivity index (χ2v) is 6.48. The fourth-order valence-electron chi connectivity index (χ4n) is 3.32. The van der Waals surface area contributed by atoms with Gasteiger partial charge in [0, 0.05) is 37.4 Å². The maximum atomic E-state index is 4.37. The smallest absolute Gasteiger partial charge is 0.0951 e. The van der Waals surface area contributed by atoms with E-state index in [1.54, 1.807) is 0 Å². The molecule has 104 valence electrons. The number of imidazole rings is 1. The average Bonchev–Trinajstić information content (AvgIpc) is 3.35. The van der Waals surface area contributed by atoms with E-state index in [0.717, 1.165) is 24.7 Å². The maximum Gasteiger partial charge on any atom is 0.0951 e. The van der Waals surface area contributed by atoms with E-state index in [4.69, 9.17) is 0 Å². The minimum atomic E-state index is 0.720. The first kappa shape index (κ1) is 11.9. The molecular weight excluding hydrogens is 236 g/mol. The van der Waals surface area contributed by atoms with Crippen LogP contribution in [0.25, 0.3) is 0 Å². The third kappa shape index (κ3) is 2.70. The van der Waals surface area contributed by atoms with Crippen molar-refractivity contribution in [3.05, 3.63) is 18.2 Å². The predicted octanol–water partition coefficient (Wildman–Crippen LogP) is 1.93. The van der Waals surface area contributed by atoms with E-state index in [1.807, 2.05) is 6.33 Å². The topological polar surface area (TPSA) is 33.1 Å². The molecule has 0 spiro atoms. The summed E-state index contributed by atoms with van der Waals surface area (Å²) in [7, 11) is 0. The van der Waals surface area contributed by atoms with Crippen molar-refractivity contribution >= 4 is 0 Å². The van der Waals surface area contributed by atoms with Crippen LogP contribution in [-0.4, -0.2) is 39.6 Å². The molecular formula is C15H24N4. The first-order valence-corrected chi connectivity index (χ1v) is 7.88. The Morgan fingerprint density at radius 1 is 1.26 bits per heavy atom. The van der Waals surface area contributed by atoms with Crippen molar-refractivity contribution in [2.75, 3.05) is 13.1 Å². The molecule has 1 unspecified atom stereocenters. The zero-order valence-electron chi connectivity index (χ0n) is 11.6. The van der Waals surface area contributed by atoms with Crippen molar-refractivity contribution in [1.82, 2.24) is 19.8 Å². The number of hydrogen-bond donors (Lipinski definition) is 1. The van der Waals surface area contributed by atoms with E-state index in [2.05, 4.69) is 26.0 Å². The Morgan fingerprint density at radius 3 is 2.84 bits per heavy atom. The Hall–Kier alpha value is -0.870. The van der Waals surface area contributed by atoms with Gasteiger partial charge in [-0.15, -0.1) is 0 Å². The molecule has 0 aromatic carbocycles. The molecule has 0 radical (unpaired) electrons. The van der Waals surface area contributed by atoms with Gasteiger partial charge in [0.05, 0.1) is 12.0 Å². The summed E-state index contributed by atoms with van der Waals surface area (Å²) in [4.78, 5) is 7.06. The second-order valence-electron chi connectivity index (χ2n) is 6.48. The quantitative estimate of drug-likeness (QED) is 0.848. The highest BCUT2D eigenvalue weighted by Gasteiger charge is 2.33. The van der Waals surface area contributed by atoms with Crippen molar-refractivity contribution in [2.24, 2.45) is 0 Å². The van der Waals surface area contributed by atoms with E-state index >= 15 is 0 Å². The van der Waals surface area contributed by atoms with Crippen molar-refractivity contribution in [3.63, 3.8) is 0 Å². The monoisotopic (exact) mass is 260 g/mol. The number of rotatable bonds is 6. The van der Waals surface area contributed by atoms with Gasteiger partial charge >= 0.3 is 0 Å². The molecule has 1 aromatic heterocycles. The van der Waals surface area contributed by atoms with Gasteiger partial charge in [-0.05, 0) is 45.1 Å². The van der Waals surface area contributed by atoms with Gasteiger partial charge in [-0.25, -0.2) is 4.98 Å². The fourth-order valence-corrected chi connectivity index (χ4v) is 3.32. The standard InChI is InChI=1S/C15H24N4/c1-2-12(17-7-1)9-18(13-3-4-13)10-15-8-16-11-19(15)14-5-6-14/h8,11-14,17H,1-7,9-10H2. The van der Waals surface area contributed by atoms with Gasteiger partial charge in [-0.1, -0.05) is 0 Å². The zero-order chi connectivity index (χ0) is 12.7. The predicted molar refractivity (Wildman–Crippen MR) is 75.0 cm³/mol.